The Labute approximate surface area is 171 Å². The number of halogens is 4. The Bertz CT molecular complexity index is 989. The normalized spacial score (nSPS) is 21.3. The molecule has 2 aliphatic rings. The first kappa shape index (κ1) is 20.2. The summed E-state index contributed by atoms with van der Waals surface area (Å²) in [7, 11) is 0. The smallest absolute Gasteiger partial charge is 0.365 e. The lowest BCUT2D eigenvalue weighted by atomic mass is 10.1. The summed E-state index contributed by atoms with van der Waals surface area (Å²) in [5.74, 6) is -0.766. The first-order chi connectivity index (χ1) is 14.3. The maximum Gasteiger partial charge on any atom is 0.416 e. The fourth-order valence-electron chi connectivity index (χ4n) is 4.07. The molecule has 1 saturated heterocycles. The quantitative estimate of drug-likeness (QED) is 0.705. The molecule has 4 nitrogen and oxygen atoms in total. The molecule has 1 amide bonds. The van der Waals surface area contributed by atoms with Crippen molar-refractivity contribution in [3.8, 4) is 6.07 Å². The molecule has 1 aliphatic heterocycles. The zero-order valence-electron chi connectivity index (χ0n) is 16.0. The maximum atomic E-state index is 14.2. The molecule has 0 spiro atoms. The summed E-state index contributed by atoms with van der Waals surface area (Å²) in [5.41, 5.74) is 0.571. The molecule has 8 heteroatoms. The van der Waals surface area contributed by atoms with Gasteiger partial charge in [-0.25, -0.2) is 4.39 Å². The molecule has 156 valence electrons. The largest absolute Gasteiger partial charge is 0.416 e. The van der Waals surface area contributed by atoms with Crippen molar-refractivity contribution >= 4 is 11.6 Å². The van der Waals surface area contributed by atoms with Gasteiger partial charge in [-0.05, 0) is 42.2 Å². The maximum absolute atomic E-state index is 14.2. The van der Waals surface area contributed by atoms with Crippen molar-refractivity contribution in [2.24, 2.45) is 5.92 Å². The molecule has 2 aromatic carbocycles. The first-order valence-electron chi connectivity index (χ1n) is 9.69. The predicted molar refractivity (Wildman–Crippen MR) is 102 cm³/mol. The SMILES string of the molecule is N#Cc1cccc(F)c1N1CCN(C(=O)[C@@H]2C[C@@H]2c2ccc(C(F)(F)F)cc2)CC1. The number of hydrogen-bond acceptors (Lipinski definition) is 3. The number of anilines is 1. The molecule has 0 unspecified atom stereocenters. The Morgan fingerprint density at radius 2 is 1.70 bits per heavy atom. The van der Waals surface area contributed by atoms with Crippen LogP contribution in [0.2, 0.25) is 0 Å². The number of piperazine rings is 1. The third kappa shape index (κ3) is 3.84. The van der Waals surface area contributed by atoms with Crippen molar-refractivity contribution in [3.63, 3.8) is 0 Å². The number of benzene rings is 2. The van der Waals surface area contributed by atoms with Gasteiger partial charge >= 0.3 is 6.18 Å². The average Bonchev–Trinajstić information content (AvgIpc) is 3.53. The van der Waals surface area contributed by atoms with E-state index in [2.05, 4.69) is 0 Å². The highest BCUT2D eigenvalue weighted by atomic mass is 19.4. The zero-order chi connectivity index (χ0) is 21.5. The van der Waals surface area contributed by atoms with E-state index in [9.17, 15) is 27.6 Å². The van der Waals surface area contributed by atoms with Crippen LogP contribution in [-0.4, -0.2) is 37.0 Å². The van der Waals surface area contributed by atoms with Crippen LogP contribution in [0.4, 0.5) is 23.2 Å². The molecular weight excluding hydrogens is 398 g/mol. The second-order valence-corrected chi connectivity index (χ2v) is 7.63. The molecule has 0 radical (unpaired) electrons. The highest BCUT2D eigenvalue weighted by Crippen LogP contribution is 2.49. The Hall–Kier alpha value is -3.08. The molecule has 1 saturated carbocycles. The van der Waals surface area contributed by atoms with Gasteiger partial charge in [0.15, 0.2) is 0 Å². The molecular formula is C22H19F4N3O. The fraction of sp³-hybridized carbons (Fsp3) is 0.364. The van der Waals surface area contributed by atoms with Crippen LogP contribution in [0.15, 0.2) is 42.5 Å². The van der Waals surface area contributed by atoms with Gasteiger partial charge in [0.1, 0.15) is 11.9 Å². The van der Waals surface area contributed by atoms with Crippen LogP contribution in [0.5, 0.6) is 0 Å². The van der Waals surface area contributed by atoms with Crippen molar-refractivity contribution in [1.82, 2.24) is 4.90 Å². The Balaban J connectivity index is 1.37. The molecule has 2 aromatic rings. The number of alkyl halides is 3. The number of amides is 1. The molecule has 0 aromatic heterocycles. The van der Waals surface area contributed by atoms with Crippen molar-refractivity contribution in [2.75, 3.05) is 31.1 Å². The molecule has 30 heavy (non-hydrogen) atoms. The van der Waals surface area contributed by atoms with Crippen LogP contribution in [0.3, 0.4) is 0 Å². The lowest BCUT2D eigenvalue weighted by molar-refractivity contribution is -0.137. The van der Waals surface area contributed by atoms with Crippen LogP contribution in [0.1, 0.15) is 29.0 Å². The Kier molecular flexibility index (Phi) is 5.14. The summed E-state index contributed by atoms with van der Waals surface area (Å²) in [6, 6.07) is 11.4. The number of rotatable bonds is 3. The predicted octanol–water partition coefficient (Wildman–Crippen LogP) is 4.17. The number of nitrogens with zero attached hydrogens (tertiary/aromatic N) is 3. The topological polar surface area (TPSA) is 47.3 Å². The highest BCUT2D eigenvalue weighted by molar-refractivity contribution is 5.83. The molecule has 0 N–H and O–H groups in total. The van der Waals surface area contributed by atoms with Crippen molar-refractivity contribution in [2.45, 2.75) is 18.5 Å². The second kappa shape index (κ2) is 7.63. The second-order valence-electron chi connectivity index (χ2n) is 7.63. The Morgan fingerprint density at radius 1 is 1.03 bits per heavy atom. The van der Waals surface area contributed by atoms with E-state index in [0.717, 1.165) is 17.7 Å². The number of nitriles is 1. The molecule has 2 fully saturated rings. The van der Waals surface area contributed by atoms with Crippen LogP contribution >= 0.6 is 0 Å². The molecule has 1 heterocycles. The standard InChI is InChI=1S/C22H19F4N3O/c23-19-3-1-2-15(13-27)20(19)28-8-10-29(11-9-28)21(30)18-12-17(18)14-4-6-16(7-5-14)22(24,25)26/h1-7,17-18H,8-12H2/t17-,18-/m1/s1. The number of hydrogen-bond donors (Lipinski definition) is 0. The van der Waals surface area contributed by atoms with Gasteiger partial charge in [0, 0.05) is 32.1 Å². The van der Waals surface area contributed by atoms with E-state index in [4.69, 9.17) is 0 Å². The summed E-state index contributed by atoms with van der Waals surface area (Å²) >= 11 is 0. The number of para-hydroxylation sites is 1. The van der Waals surface area contributed by atoms with Gasteiger partial charge in [-0.1, -0.05) is 18.2 Å². The summed E-state index contributed by atoms with van der Waals surface area (Å²) in [5, 5.41) is 9.22. The number of carbonyl (C=O) groups is 1. The van der Waals surface area contributed by atoms with Crippen LogP contribution in [0.25, 0.3) is 0 Å². The summed E-state index contributed by atoms with van der Waals surface area (Å²) < 4.78 is 52.3. The summed E-state index contributed by atoms with van der Waals surface area (Å²) in [4.78, 5) is 16.3. The molecule has 4 rings (SSSR count). The van der Waals surface area contributed by atoms with Gasteiger partial charge in [-0.3, -0.25) is 4.79 Å². The Morgan fingerprint density at radius 3 is 2.30 bits per heavy atom. The van der Waals surface area contributed by atoms with E-state index in [0.29, 0.717) is 32.6 Å². The minimum atomic E-state index is -4.37. The van der Waals surface area contributed by atoms with Gasteiger partial charge in [0.05, 0.1) is 16.8 Å². The lowest BCUT2D eigenvalue weighted by Gasteiger charge is -2.36. The van der Waals surface area contributed by atoms with Crippen LogP contribution in [-0.2, 0) is 11.0 Å². The highest BCUT2D eigenvalue weighted by Gasteiger charge is 2.46. The van der Waals surface area contributed by atoms with Gasteiger partial charge in [-0.2, -0.15) is 18.4 Å². The van der Waals surface area contributed by atoms with Gasteiger partial charge < -0.3 is 9.80 Å². The van der Waals surface area contributed by atoms with E-state index in [-0.39, 0.29) is 29.0 Å². The lowest BCUT2D eigenvalue weighted by Crippen LogP contribution is -2.49. The monoisotopic (exact) mass is 417 g/mol. The van der Waals surface area contributed by atoms with Gasteiger partial charge in [0.25, 0.3) is 0 Å². The third-order valence-electron chi connectivity index (χ3n) is 5.79. The minimum absolute atomic E-state index is 0.0198. The average molecular weight is 417 g/mol. The van der Waals surface area contributed by atoms with Crippen molar-refractivity contribution < 1.29 is 22.4 Å². The van der Waals surface area contributed by atoms with Crippen LogP contribution in [0, 0.1) is 23.1 Å². The molecule has 2 atom stereocenters. The van der Waals surface area contributed by atoms with Crippen LogP contribution < -0.4 is 4.90 Å². The van der Waals surface area contributed by atoms with Crippen molar-refractivity contribution in [3.05, 3.63) is 65.0 Å². The van der Waals surface area contributed by atoms with E-state index in [1.807, 2.05) is 6.07 Å². The van der Waals surface area contributed by atoms with E-state index < -0.39 is 17.6 Å². The molecule has 0 bridgehead atoms. The summed E-state index contributed by atoms with van der Waals surface area (Å²) in [6.45, 7) is 1.65. The zero-order valence-corrected chi connectivity index (χ0v) is 16.0. The molecule has 1 aliphatic carbocycles. The fourth-order valence-corrected chi connectivity index (χ4v) is 4.07. The van der Waals surface area contributed by atoms with E-state index >= 15 is 0 Å². The minimum Gasteiger partial charge on any atom is -0.365 e. The van der Waals surface area contributed by atoms with Gasteiger partial charge in [0.2, 0.25) is 5.91 Å². The first-order valence-corrected chi connectivity index (χ1v) is 9.69. The van der Waals surface area contributed by atoms with E-state index in [1.54, 1.807) is 15.9 Å². The number of carbonyl (C=O) groups excluding carboxylic acids is 1. The third-order valence-corrected chi connectivity index (χ3v) is 5.79. The van der Waals surface area contributed by atoms with E-state index in [1.165, 1.54) is 24.3 Å². The summed E-state index contributed by atoms with van der Waals surface area (Å²) in [6.07, 6.45) is -3.75. The van der Waals surface area contributed by atoms with Crippen molar-refractivity contribution in [1.29, 1.82) is 5.26 Å². The van der Waals surface area contributed by atoms with Gasteiger partial charge in [-0.15, -0.1) is 0 Å².